The zero-order valence-corrected chi connectivity index (χ0v) is 9.53. The first-order valence-corrected chi connectivity index (χ1v) is 5.57. The Hall–Kier alpha value is 0.0800. The molecule has 0 aromatic heterocycles. The molecule has 0 aromatic rings. The molecule has 2 aliphatic carbocycles. The molecule has 0 amide bonds. The van der Waals surface area contributed by atoms with E-state index in [4.69, 9.17) is 39.9 Å². The quantitative estimate of drug-likeness (QED) is 0.821. The smallest absolute Gasteiger partial charge is 0.307 e. The molecule has 0 bridgehead atoms. The van der Waals surface area contributed by atoms with Crippen molar-refractivity contribution in [2.45, 2.75) is 19.3 Å². The van der Waals surface area contributed by atoms with Gasteiger partial charge in [0.05, 0.1) is 11.0 Å². The highest BCUT2D eigenvalue weighted by atomic mass is 35.5. The Morgan fingerprint density at radius 1 is 1.21 bits per heavy atom. The molecule has 78 valence electrons. The van der Waals surface area contributed by atoms with Gasteiger partial charge in [-0.1, -0.05) is 41.2 Å². The maximum Gasteiger partial charge on any atom is 0.307 e. The third-order valence-electron chi connectivity index (χ3n) is 3.47. The van der Waals surface area contributed by atoms with Crippen molar-refractivity contribution < 1.29 is 9.90 Å². The van der Waals surface area contributed by atoms with Crippen LogP contribution in [0.15, 0.2) is 9.52 Å². The van der Waals surface area contributed by atoms with E-state index in [1.54, 1.807) is 0 Å². The van der Waals surface area contributed by atoms with Crippen LogP contribution in [-0.2, 0) is 4.79 Å². The molecule has 2 rings (SSSR count). The van der Waals surface area contributed by atoms with Crippen LogP contribution >= 0.6 is 34.8 Å². The molecule has 1 N–H and O–H groups in total. The lowest BCUT2D eigenvalue weighted by atomic mass is 9.78. The highest BCUT2D eigenvalue weighted by molar-refractivity contribution is 6.59. The molecule has 2 aliphatic rings. The zero-order valence-electron chi connectivity index (χ0n) is 7.27. The van der Waals surface area contributed by atoms with Crippen LogP contribution in [0.1, 0.15) is 19.3 Å². The lowest BCUT2D eigenvalue weighted by molar-refractivity contribution is -0.140. The number of carbonyl (C=O) groups is 1. The third-order valence-corrected chi connectivity index (χ3v) is 4.49. The largest absolute Gasteiger partial charge is 0.481 e. The molecular formula is C9H9Cl3O2. The fourth-order valence-corrected chi connectivity index (χ4v) is 3.18. The van der Waals surface area contributed by atoms with Gasteiger partial charge in [0.1, 0.15) is 4.49 Å². The molecule has 0 radical (unpaired) electrons. The van der Waals surface area contributed by atoms with Gasteiger partial charge < -0.3 is 5.11 Å². The van der Waals surface area contributed by atoms with E-state index in [1.165, 1.54) is 0 Å². The zero-order chi connectivity index (χ0) is 10.5. The fourth-order valence-electron chi connectivity index (χ4n) is 2.60. The summed E-state index contributed by atoms with van der Waals surface area (Å²) in [5.74, 6) is -1.32. The SMILES string of the molecule is O=C(O)C1C(C(Cl)=C(Cl)Cl)C12CCC2. The predicted octanol–water partition coefficient (Wildman–Crippen LogP) is 3.37. The maximum absolute atomic E-state index is 10.9. The van der Waals surface area contributed by atoms with Crippen molar-refractivity contribution in [1.29, 1.82) is 0 Å². The van der Waals surface area contributed by atoms with Crippen LogP contribution in [0.3, 0.4) is 0 Å². The predicted molar refractivity (Wildman–Crippen MR) is 55.5 cm³/mol. The van der Waals surface area contributed by atoms with E-state index in [2.05, 4.69) is 0 Å². The Kier molecular flexibility index (Phi) is 2.49. The summed E-state index contributed by atoms with van der Waals surface area (Å²) in [6, 6.07) is 0. The number of hydrogen-bond donors (Lipinski definition) is 1. The fraction of sp³-hybridized carbons (Fsp3) is 0.667. The van der Waals surface area contributed by atoms with Gasteiger partial charge in [0.2, 0.25) is 0 Å². The molecule has 2 atom stereocenters. The molecule has 0 aromatic carbocycles. The van der Waals surface area contributed by atoms with Crippen LogP contribution in [-0.4, -0.2) is 11.1 Å². The number of carboxylic acid groups (broad SMARTS) is 1. The van der Waals surface area contributed by atoms with Crippen LogP contribution in [0.2, 0.25) is 0 Å². The van der Waals surface area contributed by atoms with E-state index < -0.39 is 5.97 Å². The minimum absolute atomic E-state index is 0.00620. The standard InChI is InChI=1S/C9H9Cl3O2/c10-6(7(11)12)4-5(8(13)14)9(4)2-1-3-9/h4-5H,1-3H2,(H,13,14). The summed E-state index contributed by atoms with van der Waals surface area (Å²) < 4.78 is 0.00620. The van der Waals surface area contributed by atoms with Crippen LogP contribution in [0, 0.1) is 17.3 Å². The molecule has 2 fully saturated rings. The second-order valence-corrected chi connectivity index (χ2v) is 5.35. The summed E-state index contributed by atoms with van der Waals surface area (Å²) in [6.07, 6.45) is 2.92. The van der Waals surface area contributed by atoms with Crippen LogP contribution < -0.4 is 0 Å². The van der Waals surface area contributed by atoms with Crippen molar-refractivity contribution in [3.05, 3.63) is 9.52 Å². The molecule has 2 nitrogen and oxygen atoms in total. The van der Waals surface area contributed by atoms with Gasteiger partial charge in [-0.3, -0.25) is 4.79 Å². The van der Waals surface area contributed by atoms with Gasteiger partial charge in [0.25, 0.3) is 0 Å². The van der Waals surface area contributed by atoms with Crippen molar-refractivity contribution in [2.24, 2.45) is 17.3 Å². The van der Waals surface area contributed by atoms with E-state index in [-0.39, 0.29) is 21.7 Å². The van der Waals surface area contributed by atoms with Crippen LogP contribution in [0.25, 0.3) is 0 Å². The topological polar surface area (TPSA) is 37.3 Å². The molecule has 14 heavy (non-hydrogen) atoms. The number of rotatable bonds is 2. The molecular weight excluding hydrogens is 246 g/mol. The molecule has 2 unspecified atom stereocenters. The van der Waals surface area contributed by atoms with Gasteiger partial charge in [-0.2, -0.15) is 0 Å². The van der Waals surface area contributed by atoms with Gasteiger partial charge in [0.15, 0.2) is 0 Å². The van der Waals surface area contributed by atoms with E-state index in [1.807, 2.05) is 0 Å². The number of halogens is 3. The second kappa shape index (κ2) is 3.29. The summed E-state index contributed by atoms with van der Waals surface area (Å²) in [5.41, 5.74) is -0.127. The number of aliphatic carboxylic acids is 1. The van der Waals surface area contributed by atoms with Gasteiger partial charge in [-0.15, -0.1) is 0 Å². The maximum atomic E-state index is 10.9. The van der Waals surface area contributed by atoms with Gasteiger partial charge in [-0.25, -0.2) is 0 Å². The first kappa shape index (κ1) is 10.6. The third kappa shape index (κ3) is 1.28. The van der Waals surface area contributed by atoms with Gasteiger partial charge in [-0.05, 0) is 18.3 Å². The van der Waals surface area contributed by atoms with Crippen LogP contribution in [0.5, 0.6) is 0 Å². The van der Waals surface area contributed by atoms with Gasteiger partial charge >= 0.3 is 5.97 Å². The highest BCUT2D eigenvalue weighted by Gasteiger charge is 2.71. The van der Waals surface area contributed by atoms with E-state index >= 15 is 0 Å². The summed E-state index contributed by atoms with van der Waals surface area (Å²) >= 11 is 17.0. The molecule has 0 saturated heterocycles. The average Bonchev–Trinajstić information content (AvgIpc) is 2.70. The first-order chi connectivity index (χ1) is 6.50. The molecule has 5 heteroatoms. The summed E-state index contributed by atoms with van der Waals surface area (Å²) in [6.45, 7) is 0. The van der Waals surface area contributed by atoms with Crippen molar-refractivity contribution in [1.82, 2.24) is 0 Å². The highest BCUT2D eigenvalue weighted by Crippen LogP contribution is 2.73. The van der Waals surface area contributed by atoms with Crippen molar-refractivity contribution in [2.75, 3.05) is 0 Å². The lowest BCUT2D eigenvalue weighted by Gasteiger charge is -2.27. The molecule has 0 heterocycles. The minimum Gasteiger partial charge on any atom is -0.481 e. The average molecular weight is 256 g/mol. The minimum atomic E-state index is -0.789. The van der Waals surface area contributed by atoms with E-state index in [9.17, 15) is 4.79 Å². The van der Waals surface area contributed by atoms with Crippen molar-refractivity contribution >= 4 is 40.8 Å². The monoisotopic (exact) mass is 254 g/mol. The Bertz CT molecular complexity index is 316. The number of allylic oxidation sites excluding steroid dienone is 1. The summed E-state index contributed by atoms with van der Waals surface area (Å²) in [5, 5.41) is 9.31. The molecule has 1 spiro atoms. The number of carboxylic acids is 1. The van der Waals surface area contributed by atoms with E-state index in [0.717, 1.165) is 19.3 Å². The van der Waals surface area contributed by atoms with E-state index in [0.29, 0.717) is 5.03 Å². The molecule has 2 saturated carbocycles. The van der Waals surface area contributed by atoms with Crippen molar-refractivity contribution in [3.63, 3.8) is 0 Å². The Morgan fingerprint density at radius 2 is 1.79 bits per heavy atom. The Balaban J connectivity index is 2.23. The van der Waals surface area contributed by atoms with Crippen LogP contribution in [0.4, 0.5) is 0 Å². The molecule has 0 aliphatic heterocycles. The number of hydrogen-bond acceptors (Lipinski definition) is 1. The summed E-state index contributed by atoms with van der Waals surface area (Å²) in [7, 11) is 0. The van der Waals surface area contributed by atoms with Crippen molar-refractivity contribution in [3.8, 4) is 0 Å². The Morgan fingerprint density at radius 3 is 2.00 bits per heavy atom. The normalized spacial score (nSPS) is 32.2. The van der Waals surface area contributed by atoms with Gasteiger partial charge in [0, 0.05) is 5.92 Å². The lowest BCUT2D eigenvalue weighted by Crippen LogP contribution is -2.19. The Labute approximate surface area is 96.8 Å². The first-order valence-electron chi connectivity index (χ1n) is 4.44. The summed E-state index contributed by atoms with van der Waals surface area (Å²) in [4.78, 5) is 10.9. The second-order valence-electron chi connectivity index (χ2n) is 3.99.